The fourth-order valence-corrected chi connectivity index (χ4v) is 3.93. The molecule has 158 valence electrons. The quantitative estimate of drug-likeness (QED) is 0.308. The number of methoxy groups -OCH3 is 2. The zero-order valence-corrected chi connectivity index (χ0v) is 18.2. The second-order valence-electron chi connectivity index (χ2n) is 6.46. The lowest BCUT2D eigenvalue weighted by atomic mass is 10.0. The number of thiazole rings is 2. The first-order chi connectivity index (χ1) is 13.7. The molecule has 0 aromatic carbocycles. The van der Waals surface area contributed by atoms with E-state index in [1.807, 2.05) is 5.38 Å². The maximum Gasteiger partial charge on any atom is 0.333 e. The highest BCUT2D eigenvalue weighted by Crippen LogP contribution is 2.30. The van der Waals surface area contributed by atoms with Crippen LogP contribution in [0.3, 0.4) is 0 Å². The van der Waals surface area contributed by atoms with Crippen molar-refractivity contribution in [1.82, 2.24) is 9.97 Å². The maximum atomic E-state index is 11.4. The summed E-state index contributed by atoms with van der Waals surface area (Å²) in [4.78, 5) is 20.2. The number of aromatic nitrogens is 2. The Morgan fingerprint density at radius 1 is 1.28 bits per heavy atom. The van der Waals surface area contributed by atoms with Crippen molar-refractivity contribution in [3.05, 3.63) is 39.4 Å². The van der Waals surface area contributed by atoms with Gasteiger partial charge in [0.25, 0.3) is 0 Å². The lowest BCUT2D eigenvalue weighted by molar-refractivity contribution is -0.135. The Morgan fingerprint density at radius 2 is 2.00 bits per heavy atom. The number of aliphatic hydroxyl groups excluding tert-OH is 2. The van der Waals surface area contributed by atoms with Gasteiger partial charge in [-0.3, -0.25) is 0 Å². The van der Waals surface area contributed by atoms with Crippen molar-refractivity contribution in [2.24, 2.45) is 5.92 Å². The van der Waals surface area contributed by atoms with Gasteiger partial charge in [0.2, 0.25) is 0 Å². The van der Waals surface area contributed by atoms with E-state index in [9.17, 15) is 20.1 Å². The molecule has 10 heteroatoms. The van der Waals surface area contributed by atoms with Crippen LogP contribution in [-0.2, 0) is 19.9 Å². The molecule has 29 heavy (non-hydrogen) atoms. The molecule has 0 bridgehead atoms. The fraction of sp³-hybridized carbons (Fsp3) is 0.421. The van der Waals surface area contributed by atoms with Crippen LogP contribution in [0.1, 0.15) is 24.5 Å². The normalized spacial score (nSPS) is 16.4. The minimum absolute atomic E-state index is 0.305. The van der Waals surface area contributed by atoms with E-state index in [-0.39, 0.29) is 0 Å². The lowest BCUT2D eigenvalue weighted by Crippen LogP contribution is -2.25. The highest BCUT2D eigenvalue weighted by atomic mass is 32.1. The molecule has 2 rings (SSSR count). The van der Waals surface area contributed by atoms with Crippen LogP contribution >= 0.6 is 22.7 Å². The molecule has 8 nitrogen and oxygen atoms in total. The molecule has 0 aliphatic carbocycles. The van der Waals surface area contributed by atoms with Gasteiger partial charge >= 0.3 is 5.97 Å². The molecule has 0 amide bonds. The summed E-state index contributed by atoms with van der Waals surface area (Å²) >= 11 is 2.62. The summed E-state index contributed by atoms with van der Waals surface area (Å²) in [5.41, 5.74) is -0.143. The van der Waals surface area contributed by atoms with Crippen molar-refractivity contribution in [2.75, 3.05) is 20.8 Å². The zero-order chi connectivity index (χ0) is 21.6. The van der Waals surface area contributed by atoms with Crippen LogP contribution in [-0.4, -0.2) is 58.2 Å². The van der Waals surface area contributed by atoms with Crippen LogP contribution in [0.25, 0.3) is 16.8 Å². The molecular weight excluding hydrogens is 416 g/mol. The number of carbonyl (C=O) groups excluding carboxylic acids is 1. The average molecular weight is 441 g/mol. The van der Waals surface area contributed by atoms with Gasteiger partial charge in [-0.05, 0) is 13.0 Å². The number of aliphatic hydroxyl groups is 3. The van der Waals surface area contributed by atoms with Crippen LogP contribution in [0.4, 0.5) is 0 Å². The second-order valence-corrected chi connectivity index (χ2v) is 8.18. The Labute approximate surface area is 176 Å². The summed E-state index contributed by atoms with van der Waals surface area (Å²) in [6, 6.07) is 0. The largest absolute Gasteiger partial charge is 0.500 e. The SMILES string of the molecule is COC(=O)/C=C(/OC)[C@H](C)[C@@H](O)/C=C/c1csc(-c2csc([C@@](C)(O)CO)n2)n1. The van der Waals surface area contributed by atoms with E-state index in [0.717, 1.165) is 0 Å². The van der Waals surface area contributed by atoms with Gasteiger partial charge in [-0.2, -0.15) is 0 Å². The van der Waals surface area contributed by atoms with E-state index in [2.05, 4.69) is 14.7 Å². The standard InChI is InChI=1S/C19H24N2O6S2/c1-11(15(26-3)7-16(24)27-4)14(23)6-5-12-8-28-17(20-12)13-9-29-18(21-13)19(2,25)10-22/h5-9,11,14,22-23,25H,10H2,1-4H3/b6-5+,15-7+/t11-,14+,19+/m1/s1. The van der Waals surface area contributed by atoms with Crippen molar-refractivity contribution in [3.63, 3.8) is 0 Å². The summed E-state index contributed by atoms with van der Waals surface area (Å²) in [6.07, 6.45) is 3.53. The van der Waals surface area contributed by atoms with Crippen LogP contribution in [0.2, 0.25) is 0 Å². The summed E-state index contributed by atoms with van der Waals surface area (Å²) in [5, 5.41) is 34.4. The molecule has 3 N–H and O–H groups in total. The Balaban J connectivity index is 2.10. The number of esters is 1. The molecule has 0 spiro atoms. The third-order valence-electron chi connectivity index (χ3n) is 4.14. The molecule has 0 fully saturated rings. The lowest BCUT2D eigenvalue weighted by Gasteiger charge is -2.17. The second kappa shape index (κ2) is 10.1. The molecule has 3 atom stereocenters. The predicted molar refractivity (Wildman–Crippen MR) is 111 cm³/mol. The van der Waals surface area contributed by atoms with Crippen LogP contribution in [0.5, 0.6) is 0 Å². The minimum Gasteiger partial charge on any atom is -0.500 e. The topological polar surface area (TPSA) is 122 Å². The summed E-state index contributed by atoms with van der Waals surface area (Å²) in [7, 11) is 2.69. The van der Waals surface area contributed by atoms with Gasteiger partial charge in [-0.1, -0.05) is 13.0 Å². The molecule has 2 aromatic rings. The smallest absolute Gasteiger partial charge is 0.333 e. The fourth-order valence-electron chi connectivity index (χ4n) is 2.25. The van der Waals surface area contributed by atoms with Crippen LogP contribution < -0.4 is 0 Å². The van der Waals surface area contributed by atoms with Gasteiger partial charge in [-0.15, -0.1) is 22.7 Å². The number of hydrogen-bond donors (Lipinski definition) is 3. The molecule has 0 radical (unpaired) electrons. The Hall–Kier alpha value is -2.11. The Kier molecular flexibility index (Phi) is 8.05. The van der Waals surface area contributed by atoms with E-state index >= 15 is 0 Å². The first kappa shape index (κ1) is 23.2. The van der Waals surface area contributed by atoms with E-state index in [1.54, 1.807) is 24.5 Å². The highest BCUT2D eigenvalue weighted by Gasteiger charge is 2.26. The van der Waals surface area contributed by atoms with Crippen molar-refractivity contribution in [2.45, 2.75) is 25.6 Å². The Morgan fingerprint density at radius 3 is 2.62 bits per heavy atom. The molecule has 0 aliphatic rings. The summed E-state index contributed by atoms with van der Waals surface area (Å²) in [5.74, 6) is -0.717. The van der Waals surface area contributed by atoms with Gasteiger partial charge in [0.1, 0.15) is 27.1 Å². The van der Waals surface area contributed by atoms with Gasteiger partial charge in [0.05, 0.1) is 38.7 Å². The number of rotatable bonds is 9. The predicted octanol–water partition coefficient (Wildman–Crippen LogP) is 2.18. The number of hydrogen-bond acceptors (Lipinski definition) is 10. The summed E-state index contributed by atoms with van der Waals surface area (Å²) in [6.45, 7) is 2.80. The number of nitrogens with zero attached hydrogens (tertiary/aromatic N) is 2. The van der Waals surface area contributed by atoms with E-state index in [0.29, 0.717) is 27.2 Å². The molecule has 0 unspecified atom stereocenters. The third-order valence-corrected chi connectivity index (χ3v) is 6.11. The Bertz CT molecular complexity index is 887. The highest BCUT2D eigenvalue weighted by molar-refractivity contribution is 7.14. The molecule has 0 saturated carbocycles. The van der Waals surface area contributed by atoms with Crippen molar-refractivity contribution < 1.29 is 29.6 Å². The average Bonchev–Trinajstić information content (AvgIpc) is 3.39. The van der Waals surface area contributed by atoms with Gasteiger partial charge in [0.15, 0.2) is 0 Å². The number of carbonyl (C=O) groups is 1. The van der Waals surface area contributed by atoms with Gasteiger partial charge in [-0.25, -0.2) is 14.8 Å². The van der Waals surface area contributed by atoms with Crippen molar-refractivity contribution >= 4 is 34.7 Å². The van der Waals surface area contributed by atoms with Gasteiger partial charge < -0.3 is 24.8 Å². The summed E-state index contributed by atoms with van der Waals surface area (Å²) < 4.78 is 9.74. The molecule has 0 saturated heterocycles. The first-order valence-corrected chi connectivity index (χ1v) is 10.4. The minimum atomic E-state index is -1.39. The number of ether oxygens (including phenoxy) is 2. The monoisotopic (exact) mass is 440 g/mol. The molecule has 2 aromatic heterocycles. The van der Waals surface area contributed by atoms with E-state index in [4.69, 9.17) is 4.74 Å². The first-order valence-electron chi connectivity index (χ1n) is 8.66. The van der Waals surface area contributed by atoms with Crippen molar-refractivity contribution in [3.8, 4) is 10.7 Å². The molecule has 2 heterocycles. The molecular formula is C19H24N2O6S2. The van der Waals surface area contributed by atoms with Gasteiger partial charge in [0, 0.05) is 16.7 Å². The third kappa shape index (κ3) is 5.94. The zero-order valence-electron chi connectivity index (χ0n) is 16.5. The van der Waals surface area contributed by atoms with Crippen molar-refractivity contribution in [1.29, 1.82) is 0 Å². The molecule has 0 aliphatic heterocycles. The van der Waals surface area contributed by atoms with Crippen LogP contribution in [0, 0.1) is 5.92 Å². The maximum absolute atomic E-state index is 11.4. The van der Waals surface area contributed by atoms with E-state index < -0.39 is 30.2 Å². The van der Waals surface area contributed by atoms with E-state index in [1.165, 1.54) is 49.9 Å². The van der Waals surface area contributed by atoms with Crippen LogP contribution in [0.15, 0.2) is 28.7 Å².